The van der Waals surface area contributed by atoms with Crippen LogP contribution in [-0.4, -0.2) is 9.55 Å². The van der Waals surface area contributed by atoms with E-state index in [-0.39, 0.29) is 0 Å². The largest absolute Gasteiger partial charge is 0.356 e. The Hall–Kier alpha value is -2.55. The zero-order valence-corrected chi connectivity index (χ0v) is 14.3. The third-order valence-electron chi connectivity index (χ3n) is 4.88. The topological polar surface area (TPSA) is 29.9 Å². The molecule has 0 aliphatic carbocycles. The first kappa shape index (κ1) is 15.0. The lowest BCUT2D eigenvalue weighted by Gasteiger charge is -2.11. The SMILES string of the molecule is Cc1ccc(Nc2ccc(-c3cn4c(n3)CCCC4)cc2)cc1C. The minimum Gasteiger partial charge on any atom is -0.356 e. The van der Waals surface area contributed by atoms with Crippen molar-refractivity contribution in [1.29, 1.82) is 0 Å². The molecule has 0 saturated carbocycles. The zero-order valence-electron chi connectivity index (χ0n) is 14.3. The monoisotopic (exact) mass is 317 g/mol. The van der Waals surface area contributed by atoms with Crippen molar-refractivity contribution in [3.63, 3.8) is 0 Å². The highest BCUT2D eigenvalue weighted by Crippen LogP contribution is 2.25. The van der Waals surface area contributed by atoms with Crippen LogP contribution in [0.15, 0.2) is 48.7 Å². The quantitative estimate of drug-likeness (QED) is 0.715. The van der Waals surface area contributed by atoms with Crippen molar-refractivity contribution in [2.24, 2.45) is 0 Å². The summed E-state index contributed by atoms with van der Waals surface area (Å²) in [5.74, 6) is 1.23. The molecule has 1 N–H and O–H groups in total. The molecule has 1 aromatic heterocycles. The van der Waals surface area contributed by atoms with E-state index in [0.717, 1.165) is 30.0 Å². The summed E-state index contributed by atoms with van der Waals surface area (Å²) in [5.41, 5.74) is 7.13. The van der Waals surface area contributed by atoms with E-state index >= 15 is 0 Å². The Balaban J connectivity index is 1.54. The lowest BCUT2D eigenvalue weighted by molar-refractivity contribution is 0.522. The molecule has 122 valence electrons. The Labute approximate surface area is 143 Å². The molecule has 3 aromatic rings. The van der Waals surface area contributed by atoms with E-state index < -0.39 is 0 Å². The first-order valence-corrected chi connectivity index (χ1v) is 8.70. The van der Waals surface area contributed by atoms with Crippen molar-refractivity contribution in [2.75, 3.05) is 5.32 Å². The highest BCUT2D eigenvalue weighted by atomic mass is 15.1. The Morgan fingerprint density at radius 2 is 1.71 bits per heavy atom. The van der Waals surface area contributed by atoms with Gasteiger partial charge in [-0.15, -0.1) is 0 Å². The fourth-order valence-electron chi connectivity index (χ4n) is 3.26. The molecule has 2 heterocycles. The summed E-state index contributed by atoms with van der Waals surface area (Å²) in [6.45, 7) is 5.39. The Morgan fingerprint density at radius 1 is 0.917 bits per heavy atom. The van der Waals surface area contributed by atoms with Gasteiger partial charge < -0.3 is 9.88 Å². The van der Waals surface area contributed by atoms with Crippen molar-refractivity contribution < 1.29 is 0 Å². The summed E-state index contributed by atoms with van der Waals surface area (Å²) in [4.78, 5) is 4.80. The van der Waals surface area contributed by atoms with Gasteiger partial charge in [-0.25, -0.2) is 4.98 Å². The number of imidazole rings is 1. The summed E-state index contributed by atoms with van der Waals surface area (Å²) in [6, 6.07) is 15.0. The lowest BCUT2D eigenvalue weighted by atomic mass is 10.1. The van der Waals surface area contributed by atoms with Gasteiger partial charge >= 0.3 is 0 Å². The molecule has 1 aliphatic rings. The van der Waals surface area contributed by atoms with Gasteiger partial charge in [-0.1, -0.05) is 18.2 Å². The van der Waals surface area contributed by atoms with E-state index in [9.17, 15) is 0 Å². The molecular weight excluding hydrogens is 294 g/mol. The number of benzene rings is 2. The fourth-order valence-corrected chi connectivity index (χ4v) is 3.26. The molecule has 1 aliphatic heterocycles. The molecule has 2 aromatic carbocycles. The number of nitrogens with zero attached hydrogens (tertiary/aromatic N) is 2. The van der Waals surface area contributed by atoms with Crippen LogP contribution in [0.1, 0.15) is 29.8 Å². The van der Waals surface area contributed by atoms with Gasteiger partial charge in [0.1, 0.15) is 5.82 Å². The second-order valence-corrected chi connectivity index (χ2v) is 6.69. The zero-order chi connectivity index (χ0) is 16.5. The molecule has 0 bridgehead atoms. The summed E-state index contributed by atoms with van der Waals surface area (Å²) in [5, 5.41) is 3.47. The van der Waals surface area contributed by atoms with Crippen LogP contribution >= 0.6 is 0 Å². The summed E-state index contributed by atoms with van der Waals surface area (Å²) < 4.78 is 2.31. The molecule has 0 spiro atoms. The van der Waals surface area contributed by atoms with E-state index in [4.69, 9.17) is 4.98 Å². The van der Waals surface area contributed by atoms with Gasteiger partial charge in [0, 0.05) is 36.1 Å². The van der Waals surface area contributed by atoms with E-state index in [2.05, 4.69) is 72.4 Å². The van der Waals surface area contributed by atoms with Crippen molar-refractivity contribution in [2.45, 2.75) is 39.7 Å². The maximum absolute atomic E-state index is 4.80. The first-order chi connectivity index (χ1) is 11.7. The molecule has 24 heavy (non-hydrogen) atoms. The van der Waals surface area contributed by atoms with Crippen molar-refractivity contribution >= 4 is 11.4 Å². The summed E-state index contributed by atoms with van der Waals surface area (Å²) >= 11 is 0. The molecule has 0 amide bonds. The Bertz CT molecular complexity index is 836. The minimum atomic E-state index is 1.09. The van der Waals surface area contributed by atoms with E-state index in [1.165, 1.54) is 35.4 Å². The number of nitrogens with one attached hydrogen (secondary N) is 1. The average molecular weight is 317 g/mol. The van der Waals surface area contributed by atoms with Crippen molar-refractivity contribution in [1.82, 2.24) is 9.55 Å². The van der Waals surface area contributed by atoms with Gasteiger partial charge in [-0.2, -0.15) is 0 Å². The number of rotatable bonds is 3. The molecule has 0 atom stereocenters. The van der Waals surface area contributed by atoms with Crippen LogP contribution < -0.4 is 5.32 Å². The molecular formula is C21H23N3. The summed E-state index contributed by atoms with van der Waals surface area (Å²) in [6.07, 6.45) is 5.82. The molecule has 3 heteroatoms. The highest BCUT2D eigenvalue weighted by Gasteiger charge is 2.13. The number of hydrogen-bond acceptors (Lipinski definition) is 2. The highest BCUT2D eigenvalue weighted by molar-refractivity contribution is 5.66. The Kier molecular flexibility index (Phi) is 3.85. The third kappa shape index (κ3) is 2.94. The van der Waals surface area contributed by atoms with Gasteiger partial charge in [-0.3, -0.25) is 0 Å². The predicted octanol–water partition coefficient (Wildman–Crippen LogP) is 5.25. The van der Waals surface area contributed by atoms with Gasteiger partial charge in [0.2, 0.25) is 0 Å². The maximum Gasteiger partial charge on any atom is 0.109 e. The standard InChI is InChI=1S/C21H23N3/c1-15-6-9-19(13-16(15)2)22-18-10-7-17(8-11-18)20-14-24-12-4-3-5-21(24)23-20/h6-11,13-14,22H,3-5,12H2,1-2H3. The molecule has 0 unspecified atom stereocenters. The molecule has 3 nitrogen and oxygen atoms in total. The lowest BCUT2D eigenvalue weighted by Crippen LogP contribution is -2.08. The van der Waals surface area contributed by atoms with Crippen LogP contribution in [0.4, 0.5) is 11.4 Å². The van der Waals surface area contributed by atoms with Gasteiger partial charge in [-0.05, 0) is 62.1 Å². The molecule has 0 saturated heterocycles. The van der Waals surface area contributed by atoms with Gasteiger partial charge in [0.15, 0.2) is 0 Å². The van der Waals surface area contributed by atoms with E-state index in [0.29, 0.717) is 0 Å². The molecule has 4 rings (SSSR count). The second-order valence-electron chi connectivity index (χ2n) is 6.69. The number of aromatic nitrogens is 2. The number of anilines is 2. The molecule has 0 radical (unpaired) electrons. The Morgan fingerprint density at radius 3 is 2.46 bits per heavy atom. The van der Waals surface area contributed by atoms with Crippen LogP contribution in [0.5, 0.6) is 0 Å². The van der Waals surface area contributed by atoms with Crippen LogP contribution in [-0.2, 0) is 13.0 Å². The second kappa shape index (κ2) is 6.16. The molecule has 0 fully saturated rings. The van der Waals surface area contributed by atoms with Crippen LogP contribution in [0, 0.1) is 13.8 Å². The first-order valence-electron chi connectivity index (χ1n) is 8.70. The van der Waals surface area contributed by atoms with Crippen LogP contribution in [0.2, 0.25) is 0 Å². The van der Waals surface area contributed by atoms with E-state index in [1.54, 1.807) is 0 Å². The number of hydrogen-bond donors (Lipinski definition) is 1. The average Bonchev–Trinajstić information content (AvgIpc) is 3.03. The normalized spacial score (nSPS) is 13.6. The maximum atomic E-state index is 4.80. The number of fused-ring (bicyclic) bond motifs is 1. The van der Waals surface area contributed by atoms with Crippen molar-refractivity contribution in [3.05, 3.63) is 65.6 Å². The third-order valence-corrected chi connectivity index (χ3v) is 4.88. The smallest absolute Gasteiger partial charge is 0.109 e. The van der Waals surface area contributed by atoms with Crippen LogP contribution in [0.25, 0.3) is 11.3 Å². The summed E-state index contributed by atoms with van der Waals surface area (Å²) in [7, 11) is 0. The predicted molar refractivity (Wildman–Crippen MR) is 99.8 cm³/mol. The van der Waals surface area contributed by atoms with Crippen LogP contribution in [0.3, 0.4) is 0 Å². The van der Waals surface area contributed by atoms with Gasteiger partial charge in [0.25, 0.3) is 0 Å². The van der Waals surface area contributed by atoms with E-state index in [1.807, 2.05) is 0 Å². The fraction of sp³-hybridized carbons (Fsp3) is 0.286. The number of aryl methyl sites for hydroxylation is 4. The van der Waals surface area contributed by atoms with Crippen molar-refractivity contribution in [3.8, 4) is 11.3 Å². The minimum absolute atomic E-state index is 1.09. The van der Waals surface area contributed by atoms with Gasteiger partial charge in [0.05, 0.1) is 5.69 Å².